The van der Waals surface area contributed by atoms with Crippen LogP contribution in [-0.4, -0.2) is 56.9 Å². The molecule has 2 N–H and O–H groups in total. The quantitative estimate of drug-likeness (QED) is 0.0747. The van der Waals surface area contributed by atoms with Crippen LogP contribution in [0.2, 0.25) is 0 Å². The van der Waals surface area contributed by atoms with Crippen molar-refractivity contribution < 1.29 is 24.1 Å². The van der Waals surface area contributed by atoms with Crippen molar-refractivity contribution >= 4 is 5.97 Å². The van der Waals surface area contributed by atoms with Crippen molar-refractivity contribution in [1.82, 2.24) is 5.32 Å². The van der Waals surface area contributed by atoms with Crippen LogP contribution in [-0.2, 0) is 19.0 Å². The maximum Gasteiger partial charge on any atom is 0.305 e. The van der Waals surface area contributed by atoms with Gasteiger partial charge in [0.2, 0.25) is 0 Å². The third-order valence-electron chi connectivity index (χ3n) is 6.82. The van der Waals surface area contributed by atoms with Gasteiger partial charge in [0.15, 0.2) is 6.29 Å². The minimum Gasteiger partial charge on any atom is -0.465 e. The summed E-state index contributed by atoms with van der Waals surface area (Å²) in [5.41, 5.74) is 0. The first-order valence-corrected chi connectivity index (χ1v) is 14.7. The van der Waals surface area contributed by atoms with E-state index >= 15 is 0 Å². The molecule has 0 heterocycles. The van der Waals surface area contributed by atoms with Crippen molar-refractivity contribution in [3.8, 4) is 0 Å². The van der Waals surface area contributed by atoms with Gasteiger partial charge in [0, 0.05) is 32.6 Å². The molecule has 0 saturated carbocycles. The van der Waals surface area contributed by atoms with E-state index in [0.29, 0.717) is 39.2 Å². The van der Waals surface area contributed by atoms with Gasteiger partial charge >= 0.3 is 5.97 Å². The van der Waals surface area contributed by atoms with E-state index < -0.39 is 0 Å². The van der Waals surface area contributed by atoms with E-state index in [0.717, 1.165) is 50.5 Å². The highest BCUT2D eigenvalue weighted by Gasteiger charge is 2.12. The first kappa shape index (κ1) is 34.3. The summed E-state index contributed by atoms with van der Waals surface area (Å²) in [6.45, 7) is 12.6. The van der Waals surface area contributed by atoms with E-state index in [2.05, 4.69) is 33.0 Å². The molecule has 6 nitrogen and oxygen atoms in total. The van der Waals surface area contributed by atoms with Crippen LogP contribution in [0.1, 0.15) is 124 Å². The maximum absolute atomic E-state index is 12.0. The zero-order valence-electron chi connectivity index (χ0n) is 23.7. The van der Waals surface area contributed by atoms with Crippen LogP contribution in [0.4, 0.5) is 0 Å². The van der Waals surface area contributed by atoms with Crippen LogP contribution in [0.15, 0.2) is 0 Å². The lowest BCUT2D eigenvalue weighted by Crippen LogP contribution is -2.22. The second kappa shape index (κ2) is 26.4. The smallest absolute Gasteiger partial charge is 0.305 e. The summed E-state index contributed by atoms with van der Waals surface area (Å²) in [6, 6.07) is 0. The van der Waals surface area contributed by atoms with Gasteiger partial charge in [0.25, 0.3) is 0 Å². The molecule has 2 atom stereocenters. The molecule has 0 saturated heterocycles. The molecule has 2 unspecified atom stereocenters. The highest BCUT2D eigenvalue weighted by atomic mass is 16.7. The summed E-state index contributed by atoms with van der Waals surface area (Å²) in [6.07, 6.45) is 15.7. The van der Waals surface area contributed by atoms with Gasteiger partial charge in [-0.15, -0.1) is 0 Å². The molecule has 210 valence electrons. The predicted molar refractivity (Wildman–Crippen MR) is 146 cm³/mol. The van der Waals surface area contributed by atoms with Gasteiger partial charge in [-0.1, -0.05) is 85.5 Å². The first-order chi connectivity index (χ1) is 17.0. The van der Waals surface area contributed by atoms with E-state index in [1.165, 1.54) is 51.4 Å². The molecule has 0 amide bonds. The van der Waals surface area contributed by atoms with Crippen molar-refractivity contribution in [2.45, 2.75) is 130 Å². The van der Waals surface area contributed by atoms with Gasteiger partial charge in [-0.25, -0.2) is 0 Å². The third-order valence-corrected chi connectivity index (χ3v) is 6.82. The topological polar surface area (TPSA) is 77.0 Å². The van der Waals surface area contributed by atoms with Crippen LogP contribution in [0.5, 0.6) is 0 Å². The van der Waals surface area contributed by atoms with E-state index in [1.54, 1.807) is 0 Å². The van der Waals surface area contributed by atoms with Crippen molar-refractivity contribution in [1.29, 1.82) is 0 Å². The fourth-order valence-corrected chi connectivity index (χ4v) is 3.84. The number of nitrogens with one attached hydrogen (secondary N) is 1. The molecule has 0 aliphatic heterocycles. The van der Waals surface area contributed by atoms with Crippen molar-refractivity contribution in [3.63, 3.8) is 0 Å². The van der Waals surface area contributed by atoms with E-state index in [1.807, 2.05) is 0 Å². The summed E-state index contributed by atoms with van der Waals surface area (Å²) in [4.78, 5) is 12.0. The second-order valence-electron chi connectivity index (χ2n) is 10.2. The average molecular weight is 502 g/mol. The molecule has 0 aliphatic carbocycles. The third kappa shape index (κ3) is 24.8. The van der Waals surface area contributed by atoms with Crippen LogP contribution in [0, 0.1) is 11.8 Å². The number of ether oxygens (including phenoxy) is 3. The Balaban J connectivity index is 4.07. The number of rotatable bonds is 27. The molecule has 0 fully saturated rings. The second-order valence-corrected chi connectivity index (χ2v) is 10.2. The standard InChI is InChI=1S/C29H59NO5/c1-5-26(3)16-10-8-14-23-34-29(35-24-15-9-11-17-27(4)6-2)19-25-33-28(32)18-12-7-13-20-30-21-22-31/h26-27,29-31H,5-25H2,1-4H3. The van der Waals surface area contributed by atoms with Crippen molar-refractivity contribution in [2.75, 3.05) is 39.5 Å². The lowest BCUT2D eigenvalue weighted by molar-refractivity contribution is -0.161. The molecule has 0 bridgehead atoms. The normalized spacial score (nSPS) is 14.1. The largest absolute Gasteiger partial charge is 0.465 e. The Morgan fingerprint density at radius 1 is 0.714 bits per heavy atom. The molecule has 0 aromatic heterocycles. The van der Waals surface area contributed by atoms with Crippen LogP contribution >= 0.6 is 0 Å². The summed E-state index contributed by atoms with van der Waals surface area (Å²) in [7, 11) is 0. The van der Waals surface area contributed by atoms with Crippen LogP contribution in [0.25, 0.3) is 0 Å². The number of carbonyl (C=O) groups is 1. The number of esters is 1. The summed E-state index contributed by atoms with van der Waals surface area (Å²) in [5.74, 6) is 1.48. The number of unbranched alkanes of at least 4 members (excludes halogenated alkanes) is 6. The first-order valence-electron chi connectivity index (χ1n) is 14.7. The Bertz CT molecular complexity index is 427. The lowest BCUT2D eigenvalue weighted by atomic mass is 10.0. The number of hydrogen-bond acceptors (Lipinski definition) is 6. The minimum atomic E-state index is -0.287. The molecule has 0 aromatic rings. The molecular weight excluding hydrogens is 442 g/mol. The van der Waals surface area contributed by atoms with Gasteiger partial charge in [-0.2, -0.15) is 0 Å². The van der Waals surface area contributed by atoms with E-state index in [-0.39, 0.29) is 18.9 Å². The van der Waals surface area contributed by atoms with Crippen molar-refractivity contribution in [3.05, 3.63) is 0 Å². The molecule has 0 aliphatic rings. The zero-order chi connectivity index (χ0) is 26.0. The summed E-state index contributed by atoms with van der Waals surface area (Å²) < 4.78 is 17.5. The Kier molecular flexibility index (Phi) is 25.9. The highest BCUT2D eigenvalue weighted by Crippen LogP contribution is 2.14. The molecule has 35 heavy (non-hydrogen) atoms. The number of carbonyl (C=O) groups excluding carboxylic acids is 1. The molecular formula is C29H59NO5. The Morgan fingerprint density at radius 3 is 1.83 bits per heavy atom. The van der Waals surface area contributed by atoms with Gasteiger partial charge in [0.05, 0.1) is 13.2 Å². The number of aliphatic hydroxyl groups excluding tert-OH is 1. The molecule has 0 rings (SSSR count). The minimum absolute atomic E-state index is 0.137. The Hall–Kier alpha value is -0.690. The number of hydrogen-bond donors (Lipinski definition) is 2. The van der Waals surface area contributed by atoms with Gasteiger partial charge < -0.3 is 24.6 Å². The predicted octanol–water partition coefficient (Wildman–Crippen LogP) is 6.63. The lowest BCUT2D eigenvalue weighted by Gasteiger charge is -2.19. The van der Waals surface area contributed by atoms with Gasteiger partial charge in [-0.3, -0.25) is 4.79 Å². The monoisotopic (exact) mass is 501 g/mol. The molecule has 0 radical (unpaired) electrons. The van der Waals surface area contributed by atoms with Crippen LogP contribution < -0.4 is 5.32 Å². The molecule has 6 heteroatoms. The fraction of sp³-hybridized carbons (Fsp3) is 0.966. The summed E-state index contributed by atoms with van der Waals surface area (Å²) in [5, 5.41) is 11.9. The Morgan fingerprint density at radius 2 is 1.29 bits per heavy atom. The maximum atomic E-state index is 12.0. The van der Waals surface area contributed by atoms with Crippen LogP contribution in [0.3, 0.4) is 0 Å². The van der Waals surface area contributed by atoms with Crippen molar-refractivity contribution in [2.24, 2.45) is 11.8 Å². The fourth-order valence-electron chi connectivity index (χ4n) is 3.84. The molecule has 0 aromatic carbocycles. The average Bonchev–Trinajstić information content (AvgIpc) is 2.86. The van der Waals surface area contributed by atoms with Gasteiger partial charge in [-0.05, 0) is 44.1 Å². The summed E-state index contributed by atoms with van der Waals surface area (Å²) >= 11 is 0. The molecule has 0 spiro atoms. The Labute approximate surface area is 217 Å². The highest BCUT2D eigenvalue weighted by molar-refractivity contribution is 5.69. The van der Waals surface area contributed by atoms with E-state index in [9.17, 15) is 4.79 Å². The SMILES string of the molecule is CCC(C)CCCCCOC(CCOC(=O)CCCCCNCCO)OCCCCCC(C)CC. The van der Waals surface area contributed by atoms with E-state index in [4.69, 9.17) is 19.3 Å². The number of aliphatic hydroxyl groups is 1. The van der Waals surface area contributed by atoms with Gasteiger partial charge in [0.1, 0.15) is 0 Å². The zero-order valence-corrected chi connectivity index (χ0v) is 23.7.